The van der Waals surface area contributed by atoms with Crippen molar-refractivity contribution in [2.24, 2.45) is 17.6 Å². The fraction of sp³-hybridized carbons (Fsp3) is 0.517. The molecular weight excluding hydrogens is 470 g/mol. The summed E-state index contributed by atoms with van der Waals surface area (Å²) in [6.07, 6.45) is -0.543. The summed E-state index contributed by atoms with van der Waals surface area (Å²) in [7, 11) is -2.43. The van der Waals surface area contributed by atoms with E-state index in [0.717, 1.165) is 22.3 Å². The molecule has 3 N–H and O–H groups in total. The van der Waals surface area contributed by atoms with E-state index in [1.807, 2.05) is 51.2 Å². The highest BCUT2D eigenvalue weighted by molar-refractivity contribution is 6.74. The molecule has 0 saturated carbocycles. The molecule has 196 valence electrons. The number of hydrogen-bond acceptors (Lipinski definition) is 5. The van der Waals surface area contributed by atoms with Crippen LogP contribution < -0.4 is 5.73 Å². The number of esters is 1. The number of fused-ring (bicyclic) bond motifs is 3. The van der Waals surface area contributed by atoms with E-state index in [-0.39, 0.29) is 23.5 Å². The molecule has 2 aromatic carbocycles. The summed E-state index contributed by atoms with van der Waals surface area (Å²) in [6, 6.07) is 15.0. The van der Waals surface area contributed by atoms with Gasteiger partial charge in [-0.2, -0.15) is 0 Å². The van der Waals surface area contributed by atoms with Crippen LogP contribution in [0.3, 0.4) is 0 Å². The van der Waals surface area contributed by atoms with Crippen LogP contribution in [0.4, 0.5) is 0 Å². The highest BCUT2D eigenvalue weighted by Gasteiger charge is 2.46. The molecule has 0 saturated heterocycles. The molecule has 1 aliphatic carbocycles. The van der Waals surface area contributed by atoms with Crippen molar-refractivity contribution in [3.8, 4) is 11.1 Å². The van der Waals surface area contributed by atoms with Crippen LogP contribution in [0, 0.1) is 11.8 Å². The predicted octanol–water partition coefficient (Wildman–Crippen LogP) is 5.81. The minimum atomic E-state index is -2.43. The van der Waals surface area contributed by atoms with Gasteiger partial charge in [0.15, 0.2) is 8.32 Å². The molecule has 0 aromatic heterocycles. The molecule has 0 fully saturated rings. The third-order valence-corrected chi connectivity index (χ3v) is 12.1. The molecule has 0 radical (unpaired) electrons. The second-order valence-corrected chi connectivity index (χ2v) is 16.6. The molecule has 0 bridgehead atoms. The molecule has 7 heteroatoms. The average molecular weight is 512 g/mol. The lowest BCUT2D eigenvalue weighted by atomic mass is 9.88. The van der Waals surface area contributed by atoms with Gasteiger partial charge in [-0.1, -0.05) is 83.1 Å². The van der Waals surface area contributed by atoms with Crippen molar-refractivity contribution >= 4 is 20.3 Å². The molecule has 1 unspecified atom stereocenters. The van der Waals surface area contributed by atoms with Gasteiger partial charge >= 0.3 is 11.9 Å². The third-order valence-electron chi connectivity index (χ3n) is 7.66. The molecule has 2 aromatic rings. The fourth-order valence-corrected chi connectivity index (χ4v) is 5.99. The highest BCUT2D eigenvalue weighted by atomic mass is 28.4. The number of carbonyl (C=O) groups excluding carboxylic acids is 1. The zero-order valence-corrected chi connectivity index (χ0v) is 23.6. The average Bonchev–Trinajstić information content (AvgIpc) is 3.12. The summed E-state index contributed by atoms with van der Waals surface area (Å²) in [6.45, 7) is 14.5. The van der Waals surface area contributed by atoms with Crippen LogP contribution in [-0.2, 0) is 18.8 Å². The standard InChI is InChI=1S/C29H41NO5Si/c1-18(2)16-23(26(25(30)27(31)32)35-36(6,7)29(3,4)5)28(33)34-17-24-21-14-10-8-12-19(21)20-13-9-11-15-22(20)24/h8-15,18,23-26H,16-17,30H2,1-7H3,(H,31,32)/t23-,25?,26-/m0/s1. The highest BCUT2D eigenvalue weighted by Crippen LogP contribution is 2.45. The Morgan fingerprint density at radius 2 is 1.50 bits per heavy atom. The van der Waals surface area contributed by atoms with Gasteiger partial charge in [0, 0.05) is 5.92 Å². The normalized spacial score (nSPS) is 16.2. The third kappa shape index (κ3) is 5.90. The van der Waals surface area contributed by atoms with Crippen LogP contribution in [0.5, 0.6) is 0 Å². The molecule has 1 aliphatic rings. The second-order valence-electron chi connectivity index (χ2n) is 11.8. The van der Waals surface area contributed by atoms with E-state index >= 15 is 0 Å². The first kappa shape index (κ1) is 28.1. The van der Waals surface area contributed by atoms with E-state index in [4.69, 9.17) is 14.9 Å². The smallest absolute Gasteiger partial charge is 0.323 e. The largest absolute Gasteiger partial charge is 0.480 e. The number of carboxylic acid groups (broad SMARTS) is 1. The summed E-state index contributed by atoms with van der Waals surface area (Å²) < 4.78 is 12.5. The fourth-order valence-electron chi connectivity index (χ4n) is 4.65. The maximum atomic E-state index is 13.6. The summed E-state index contributed by atoms with van der Waals surface area (Å²) in [4.78, 5) is 25.6. The van der Waals surface area contributed by atoms with Gasteiger partial charge in [-0.3, -0.25) is 9.59 Å². The Hall–Kier alpha value is -2.48. The van der Waals surface area contributed by atoms with Crippen molar-refractivity contribution in [3.63, 3.8) is 0 Å². The van der Waals surface area contributed by atoms with E-state index in [0.29, 0.717) is 6.42 Å². The van der Waals surface area contributed by atoms with Gasteiger partial charge in [0.2, 0.25) is 0 Å². The molecular formula is C29H41NO5Si. The Labute approximate surface area is 216 Å². The Bertz CT molecular complexity index is 1050. The summed E-state index contributed by atoms with van der Waals surface area (Å²) in [5.74, 6) is -2.36. The quantitative estimate of drug-likeness (QED) is 0.309. The van der Waals surface area contributed by atoms with Crippen molar-refractivity contribution in [3.05, 3.63) is 59.7 Å². The number of ether oxygens (including phenoxy) is 1. The van der Waals surface area contributed by atoms with Crippen LogP contribution in [0.15, 0.2) is 48.5 Å². The van der Waals surface area contributed by atoms with E-state index in [9.17, 15) is 14.7 Å². The SMILES string of the molecule is CC(C)C[C@H](C(=O)OCC1c2ccccc2-c2ccccc21)[C@H](O[Si](C)(C)C(C)(C)C)C(N)C(=O)O. The topological polar surface area (TPSA) is 98.9 Å². The minimum absolute atomic E-state index is 0.0750. The summed E-state index contributed by atoms with van der Waals surface area (Å²) in [5, 5.41) is 9.62. The molecule has 3 rings (SSSR count). The molecule has 3 atom stereocenters. The lowest BCUT2D eigenvalue weighted by molar-refractivity contribution is -0.155. The first-order chi connectivity index (χ1) is 16.7. The Morgan fingerprint density at radius 3 is 1.94 bits per heavy atom. The van der Waals surface area contributed by atoms with Gasteiger partial charge in [0.25, 0.3) is 0 Å². The van der Waals surface area contributed by atoms with Crippen LogP contribution in [0.2, 0.25) is 18.1 Å². The van der Waals surface area contributed by atoms with E-state index in [2.05, 4.69) is 45.0 Å². The first-order valence-corrected chi connectivity index (χ1v) is 15.7. The van der Waals surface area contributed by atoms with Gasteiger partial charge in [-0.05, 0) is 52.7 Å². The molecule has 0 heterocycles. The number of hydrogen-bond donors (Lipinski definition) is 2. The van der Waals surface area contributed by atoms with Crippen molar-refractivity contribution in [2.45, 2.75) is 77.2 Å². The number of aliphatic carboxylic acids is 1. The lowest BCUT2D eigenvalue weighted by Gasteiger charge is -2.42. The number of carbonyl (C=O) groups is 2. The molecule has 36 heavy (non-hydrogen) atoms. The number of benzene rings is 2. The van der Waals surface area contributed by atoms with Crippen LogP contribution in [-0.4, -0.2) is 44.1 Å². The van der Waals surface area contributed by atoms with E-state index < -0.39 is 38.3 Å². The minimum Gasteiger partial charge on any atom is -0.480 e. The predicted molar refractivity (Wildman–Crippen MR) is 145 cm³/mol. The van der Waals surface area contributed by atoms with Crippen LogP contribution in [0.25, 0.3) is 11.1 Å². The maximum absolute atomic E-state index is 13.6. The van der Waals surface area contributed by atoms with Gasteiger partial charge in [0.1, 0.15) is 12.6 Å². The monoisotopic (exact) mass is 511 g/mol. The summed E-state index contributed by atoms with van der Waals surface area (Å²) in [5.41, 5.74) is 10.7. The lowest BCUT2D eigenvalue weighted by Crippen LogP contribution is -2.56. The maximum Gasteiger partial charge on any atom is 0.323 e. The zero-order valence-electron chi connectivity index (χ0n) is 22.6. The Kier molecular flexibility index (Phi) is 8.48. The summed E-state index contributed by atoms with van der Waals surface area (Å²) >= 11 is 0. The van der Waals surface area contributed by atoms with Crippen LogP contribution >= 0.6 is 0 Å². The van der Waals surface area contributed by atoms with Gasteiger partial charge < -0.3 is 20.0 Å². The number of nitrogens with two attached hydrogens (primary N) is 1. The van der Waals surface area contributed by atoms with Gasteiger partial charge in [0.05, 0.1) is 12.0 Å². The van der Waals surface area contributed by atoms with Crippen molar-refractivity contribution < 1.29 is 23.9 Å². The van der Waals surface area contributed by atoms with E-state index in [1.54, 1.807) is 0 Å². The van der Waals surface area contributed by atoms with Crippen molar-refractivity contribution in [1.29, 1.82) is 0 Å². The van der Waals surface area contributed by atoms with Gasteiger partial charge in [-0.25, -0.2) is 0 Å². The van der Waals surface area contributed by atoms with Crippen molar-refractivity contribution in [1.82, 2.24) is 0 Å². The van der Waals surface area contributed by atoms with Crippen LogP contribution in [0.1, 0.15) is 58.1 Å². The molecule has 0 aliphatic heterocycles. The molecule has 0 amide bonds. The van der Waals surface area contributed by atoms with Crippen molar-refractivity contribution in [2.75, 3.05) is 6.61 Å². The number of rotatable bonds is 10. The second kappa shape index (κ2) is 10.9. The molecule has 6 nitrogen and oxygen atoms in total. The zero-order chi connectivity index (χ0) is 26.8. The number of carboxylic acids is 1. The Morgan fingerprint density at radius 1 is 1.00 bits per heavy atom. The van der Waals surface area contributed by atoms with Gasteiger partial charge in [-0.15, -0.1) is 0 Å². The first-order valence-electron chi connectivity index (χ1n) is 12.8. The van der Waals surface area contributed by atoms with E-state index in [1.165, 1.54) is 0 Å². The Balaban J connectivity index is 1.89. The molecule has 0 spiro atoms.